The first kappa shape index (κ1) is 15.3. The monoisotopic (exact) mass is 372 g/mol. The summed E-state index contributed by atoms with van der Waals surface area (Å²) in [6.45, 7) is 1.74. The second-order valence-corrected chi connectivity index (χ2v) is 6.01. The number of halogens is 1. The van der Waals surface area contributed by atoms with Crippen molar-refractivity contribution < 1.29 is 14.0 Å². The highest BCUT2D eigenvalue weighted by Crippen LogP contribution is 2.28. The zero-order valence-electron chi connectivity index (χ0n) is 12.2. The molecule has 0 saturated carbocycles. The Morgan fingerprint density at radius 3 is 2.52 bits per heavy atom. The molecule has 2 heterocycles. The Balaban J connectivity index is 1.90. The number of benzene rings is 1. The van der Waals surface area contributed by atoms with E-state index in [1.54, 1.807) is 19.1 Å². The van der Waals surface area contributed by atoms with Gasteiger partial charge >= 0.3 is 6.03 Å². The number of amides is 3. The maximum Gasteiger partial charge on any atom is 0.325 e. The molecule has 0 spiro atoms. The van der Waals surface area contributed by atoms with E-state index in [9.17, 15) is 9.59 Å². The molecule has 1 aliphatic rings. The summed E-state index contributed by atoms with van der Waals surface area (Å²) in [4.78, 5) is 24.2. The fourth-order valence-electron chi connectivity index (χ4n) is 2.30. The van der Waals surface area contributed by atoms with Gasteiger partial charge in [0.05, 0.1) is 0 Å². The van der Waals surface area contributed by atoms with Crippen LogP contribution in [0.4, 0.5) is 4.79 Å². The van der Waals surface area contributed by atoms with E-state index in [1.807, 2.05) is 30.3 Å². The molecule has 1 aromatic heterocycles. The second-order valence-electron chi connectivity index (χ2n) is 5.09. The molecular weight excluding hydrogens is 360 g/mol. The highest BCUT2D eigenvalue weighted by Gasteiger charge is 2.29. The van der Waals surface area contributed by atoms with Crippen LogP contribution in [-0.4, -0.2) is 16.8 Å². The molecule has 2 N–H and O–H groups in total. The Labute approximate surface area is 141 Å². The van der Waals surface area contributed by atoms with Crippen molar-refractivity contribution in [3.8, 4) is 11.3 Å². The molecule has 3 rings (SSSR count). The minimum atomic E-state index is -0.798. The van der Waals surface area contributed by atoms with Crippen molar-refractivity contribution in [1.29, 1.82) is 0 Å². The highest BCUT2D eigenvalue weighted by molar-refractivity contribution is 9.10. The van der Waals surface area contributed by atoms with Gasteiger partial charge in [0, 0.05) is 21.8 Å². The van der Waals surface area contributed by atoms with Crippen molar-refractivity contribution >= 4 is 33.9 Å². The van der Waals surface area contributed by atoms with E-state index < -0.39 is 11.9 Å². The maximum atomic E-state index is 12.1. The van der Waals surface area contributed by atoms with Gasteiger partial charge in [-0.2, -0.15) is 0 Å². The molecule has 0 bridgehead atoms. The van der Waals surface area contributed by atoms with E-state index in [1.165, 1.54) is 6.20 Å². The number of rotatable bonds is 2. The largest absolute Gasteiger partial charge is 0.457 e. The van der Waals surface area contributed by atoms with E-state index in [4.69, 9.17) is 10.2 Å². The van der Waals surface area contributed by atoms with Crippen LogP contribution in [0.2, 0.25) is 0 Å². The molecule has 23 heavy (non-hydrogen) atoms. The molecule has 0 fully saturated rings. The topological polar surface area (TPSA) is 76.5 Å². The predicted octanol–water partition coefficient (Wildman–Crippen LogP) is 3.92. The fourth-order valence-corrected chi connectivity index (χ4v) is 2.57. The second kappa shape index (κ2) is 5.89. The van der Waals surface area contributed by atoms with Gasteiger partial charge in [-0.05, 0) is 42.8 Å². The number of imide groups is 1. The molecule has 1 aliphatic heterocycles. The minimum Gasteiger partial charge on any atom is -0.457 e. The molecule has 1 aromatic carbocycles. The van der Waals surface area contributed by atoms with Gasteiger partial charge in [0.2, 0.25) is 0 Å². The lowest BCUT2D eigenvalue weighted by Gasteiger charge is -2.06. The number of carbonyl (C=O) groups excluding carboxylic acids is 2. The molecule has 0 atom stereocenters. The molecule has 2 aromatic rings. The Morgan fingerprint density at radius 1 is 1.22 bits per heavy atom. The van der Waals surface area contributed by atoms with Crippen LogP contribution >= 0.6 is 15.9 Å². The lowest BCUT2D eigenvalue weighted by atomic mass is 10.1. The van der Waals surface area contributed by atoms with Crippen LogP contribution in [0.3, 0.4) is 0 Å². The normalized spacial score (nSPS) is 16.1. The summed E-state index contributed by atoms with van der Waals surface area (Å²) in [6.07, 6.45) is 3.04. The van der Waals surface area contributed by atoms with Crippen LogP contribution in [0.5, 0.6) is 0 Å². The minimum absolute atomic E-state index is 0.389. The predicted molar refractivity (Wildman–Crippen MR) is 90.0 cm³/mol. The summed E-state index contributed by atoms with van der Waals surface area (Å²) in [6, 6.07) is 10.5. The van der Waals surface area contributed by atoms with Crippen LogP contribution < -0.4 is 5.73 Å². The van der Waals surface area contributed by atoms with Crippen molar-refractivity contribution in [2.45, 2.75) is 6.92 Å². The van der Waals surface area contributed by atoms with E-state index in [2.05, 4.69) is 15.9 Å². The van der Waals surface area contributed by atoms with Crippen molar-refractivity contribution in [3.63, 3.8) is 0 Å². The zero-order chi connectivity index (χ0) is 16.6. The molecule has 6 heteroatoms. The van der Waals surface area contributed by atoms with Gasteiger partial charge in [-0.25, -0.2) is 9.69 Å². The third kappa shape index (κ3) is 2.98. The van der Waals surface area contributed by atoms with Crippen molar-refractivity contribution in [1.82, 2.24) is 4.90 Å². The summed E-state index contributed by atoms with van der Waals surface area (Å²) in [5, 5.41) is 0. The van der Waals surface area contributed by atoms with Crippen LogP contribution in [0.1, 0.15) is 12.7 Å². The zero-order valence-corrected chi connectivity index (χ0v) is 13.8. The molecule has 116 valence electrons. The van der Waals surface area contributed by atoms with Crippen molar-refractivity contribution in [2.24, 2.45) is 5.73 Å². The third-order valence-corrected chi connectivity index (χ3v) is 4.01. The molecule has 0 unspecified atom stereocenters. The average Bonchev–Trinajstić information content (AvgIpc) is 3.08. The number of carbonyl (C=O) groups is 2. The van der Waals surface area contributed by atoms with E-state index in [0.29, 0.717) is 22.7 Å². The molecule has 0 radical (unpaired) electrons. The van der Waals surface area contributed by atoms with Crippen molar-refractivity contribution in [3.05, 3.63) is 64.0 Å². The smallest absolute Gasteiger partial charge is 0.325 e. The summed E-state index contributed by atoms with van der Waals surface area (Å²) in [7, 11) is 0. The number of urea groups is 1. The quantitative estimate of drug-likeness (QED) is 0.811. The molecule has 3 amide bonds. The van der Waals surface area contributed by atoms with E-state index in [-0.39, 0.29) is 0 Å². The fraction of sp³-hybridized carbons (Fsp3) is 0.0588. The molecule has 0 saturated heterocycles. The molecular formula is C17H13BrN2O3. The number of primary amides is 1. The SMILES string of the molecule is CC1=CN(C(N)=O)C(=O)C1=Cc1ccc(-c2ccc(Br)cc2)o1. The number of nitrogens with zero attached hydrogens (tertiary/aromatic N) is 1. The standard InChI is InChI=1S/C17H13BrN2O3/c1-10-9-20(17(19)22)16(21)14(10)8-13-6-7-15(23-13)11-2-4-12(18)5-3-11/h2-9H,1H3,(H2,19,22). The first-order valence-corrected chi connectivity index (χ1v) is 7.64. The summed E-state index contributed by atoms with van der Waals surface area (Å²) < 4.78 is 6.74. The van der Waals surface area contributed by atoms with Gasteiger partial charge in [-0.3, -0.25) is 4.79 Å². The van der Waals surface area contributed by atoms with Crippen LogP contribution in [0.15, 0.2) is 62.6 Å². The Hall–Kier alpha value is -2.60. The van der Waals surface area contributed by atoms with E-state index in [0.717, 1.165) is 14.9 Å². The Bertz CT molecular complexity index is 847. The molecule has 5 nitrogen and oxygen atoms in total. The van der Waals surface area contributed by atoms with Gasteiger partial charge in [0.1, 0.15) is 11.5 Å². The number of hydrogen-bond acceptors (Lipinski definition) is 3. The van der Waals surface area contributed by atoms with Crippen LogP contribution in [0.25, 0.3) is 17.4 Å². The van der Waals surface area contributed by atoms with Crippen LogP contribution in [0, 0.1) is 0 Å². The lowest BCUT2D eigenvalue weighted by molar-refractivity contribution is -0.121. The summed E-state index contributed by atoms with van der Waals surface area (Å²) in [5.41, 5.74) is 7.15. The first-order chi connectivity index (χ1) is 11.0. The Kier molecular flexibility index (Phi) is 3.92. The van der Waals surface area contributed by atoms with E-state index >= 15 is 0 Å². The third-order valence-electron chi connectivity index (χ3n) is 3.48. The van der Waals surface area contributed by atoms with Gasteiger partial charge in [-0.15, -0.1) is 0 Å². The summed E-state index contributed by atoms with van der Waals surface area (Å²) in [5.74, 6) is 0.783. The van der Waals surface area contributed by atoms with Gasteiger partial charge in [-0.1, -0.05) is 28.1 Å². The van der Waals surface area contributed by atoms with Gasteiger partial charge in [0.15, 0.2) is 0 Å². The number of nitrogens with two attached hydrogens (primary N) is 1. The Morgan fingerprint density at radius 2 is 1.91 bits per heavy atom. The average molecular weight is 373 g/mol. The van der Waals surface area contributed by atoms with Crippen LogP contribution in [-0.2, 0) is 4.79 Å². The maximum absolute atomic E-state index is 12.1. The van der Waals surface area contributed by atoms with Gasteiger partial charge < -0.3 is 10.2 Å². The highest BCUT2D eigenvalue weighted by atomic mass is 79.9. The summed E-state index contributed by atoms with van der Waals surface area (Å²) >= 11 is 3.39. The molecule has 0 aliphatic carbocycles. The number of hydrogen-bond donors (Lipinski definition) is 1. The lowest BCUT2D eigenvalue weighted by Crippen LogP contribution is -2.33. The van der Waals surface area contributed by atoms with Crippen molar-refractivity contribution in [2.75, 3.05) is 0 Å². The van der Waals surface area contributed by atoms with Gasteiger partial charge in [0.25, 0.3) is 5.91 Å². The number of furan rings is 1. The first-order valence-electron chi connectivity index (χ1n) is 6.85.